The van der Waals surface area contributed by atoms with Crippen LogP contribution >= 0.6 is 0 Å². The Labute approximate surface area is 77.4 Å². The third kappa shape index (κ3) is 7.59. The fourth-order valence-electron chi connectivity index (χ4n) is 1.03. The molecule has 1 unspecified atom stereocenters. The summed E-state index contributed by atoms with van der Waals surface area (Å²) in [5, 5.41) is 0. The number of unbranched alkanes of at least 4 members (excludes halogenated alkanes) is 1. The Morgan fingerprint density at radius 1 is 1.17 bits per heavy atom. The topological polar surface area (TPSA) is 0 Å². The lowest BCUT2D eigenvalue weighted by atomic mass is 10.0. The fourth-order valence-corrected chi connectivity index (χ4v) is 1.03. The summed E-state index contributed by atoms with van der Waals surface area (Å²) in [7, 11) is 0. The van der Waals surface area contributed by atoms with Crippen LogP contribution in [0.15, 0.2) is 24.8 Å². The first-order valence-electron chi connectivity index (χ1n) is 5.07. The van der Waals surface area contributed by atoms with Crippen LogP contribution in [-0.2, 0) is 0 Å². The Bertz CT molecular complexity index is 122. The van der Waals surface area contributed by atoms with Crippen LogP contribution in [0.3, 0.4) is 0 Å². The van der Waals surface area contributed by atoms with Crippen LogP contribution in [0.2, 0.25) is 0 Å². The van der Waals surface area contributed by atoms with Crippen molar-refractivity contribution in [2.45, 2.75) is 46.0 Å². The van der Waals surface area contributed by atoms with E-state index in [0.717, 1.165) is 18.8 Å². The third-order valence-electron chi connectivity index (χ3n) is 2.23. The van der Waals surface area contributed by atoms with Crippen LogP contribution in [-0.4, -0.2) is 0 Å². The van der Waals surface area contributed by atoms with E-state index in [-0.39, 0.29) is 0 Å². The molecule has 0 amide bonds. The first kappa shape index (κ1) is 11.5. The van der Waals surface area contributed by atoms with Gasteiger partial charge in [-0.1, -0.05) is 38.5 Å². The number of hydrogen-bond acceptors (Lipinski definition) is 0. The molecule has 0 aromatic carbocycles. The fraction of sp³-hybridized carbons (Fsp3) is 0.667. The molecule has 0 bridgehead atoms. The summed E-state index contributed by atoms with van der Waals surface area (Å²) in [4.78, 5) is 0. The van der Waals surface area contributed by atoms with Crippen LogP contribution in [0, 0.1) is 5.92 Å². The van der Waals surface area contributed by atoms with Gasteiger partial charge in [-0.2, -0.15) is 0 Å². The summed E-state index contributed by atoms with van der Waals surface area (Å²) in [6.45, 7) is 8.26. The molecule has 0 saturated heterocycles. The van der Waals surface area contributed by atoms with Crippen LogP contribution in [0.25, 0.3) is 0 Å². The molecule has 0 aliphatic heterocycles. The van der Waals surface area contributed by atoms with Gasteiger partial charge in [0.2, 0.25) is 0 Å². The summed E-state index contributed by atoms with van der Waals surface area (Å²) in [5.41, 5.74) is 0. The molecule has 0 N–H and O–H groups in total. The van der Waals surface area contributed by atoms with E-state index in [4.69, 9.17) is 0 Å². The van der Waals surface area contributed by atoms with Crippen molar-refractivity contribution >= 4 is 0 Å². The van der Waals surface area contributed by atoms with E-state index in [0.29, 0.717) is 0 Å². The van der Waals surface area contributed by atoms with E-state index in [9.17, 15) is 0 Å². The molecule has 0 aromatic rings. The standard InChI is InChI=1S/C12H22/c1-4-6-7-8-9-10-11-12(3)5-2/h4,8-9,12H,1,5-7,10-11H2,2-3H3. The maximum absolute atomic E-state index is 3.69. The minimum absolute atomic E-state index is 0.883. The van der Waals surface area contributed by atoms with Crippen molar-refractivity contribution in [3.8, 4) is 0 Å². The van der Waals surface area contributed by atoms with Gasteiger partial charge in [-0.15, -0.1) is 6.58 Å². The Morgan fingerprint density at radius 2 is 1.83 bits per heavy atom. The summed E-state index contributed by atoms with van der Waals surface area (Å²) in [5.74, 6) is 0.883. The molecular formula is C12H22. The summed E-state index contributed by atoms with van der Waals surface area (Å²) >= 11 is 0. The second-order valence-corrected chi connectivity index (χ2v) is 3.43. The second-order valence-electron chi connectivity index (χ2n) is 3.43. The molecule has 0 fully saturated rings. The Hall–Kier alpha value is -0.520. The van der Waals surface area contributed by atoms with Crippen molar-refractivity contribution in [3.05, 3.63) is 24.8 Å². The highest BCUT2D eigenvalue weighted by Crippen LogP contribution is 2.09. The zero-order valence-corrected chi connectivity index (χ0v) is 8.55. The van der Waals surface area contributed by atoms with E-state index in [1.54, 1.807) is 0 Å². The monoisotopic (exact) mass is 166 g/mol. The van der Waals surface area contributed by atoms with Crippen LogP contribution in [0.4, 0.5) is 0 Å². The zero-order chi connectivity index (χ0) is 9.23. The molecule has 0 aliphatic carbocycles. The molecule has 0 nitrogen and oxygen atoms in total. The average molecular weight is 166 g/mol. The van der Waals surface area contributed by atoms with Gasteiger partial charge in [-0.3, -0.25) is 0 Å². The van der Waals surface area contributed by atoms with Crippen molar-refractivity contribution < 1.29 is 0 Å². The number of rotatable bonds is 7. The predicted molar refractivity (Wildman–Crippen MR) is 57.3 cm³/mol. The lowest BCUT2D eigenvalue weighted by Crippen LogP contribution is -1.89. The van der Waals surface area contributed by atoms with Crippen molar-refractivity contribution in [2.75, 3.05) is 0 Å². The molecule has 0 radical (unpaired) electrons. The number of hydrogen-bond donors (Lipinski definition) is 0. The van der Waals surface area contributed by atoms with Gasteiger partial charge in [0.15, 0.2) is 0 Å². The lowest BCUT2D eigenvalue weighted by Gasteiger charge is -2.03. The summed E-state index contributed by atoms with van der Waals surface area (Å²) in [6.07, 6.45) is 12.7. The zero-order valence-electron chi connectivity index (χ0n) is 8.55. The molecule has 70 valence electrons. The van der Waals surface area contributed by atoms with E-state index < -0.39 is 0 Å². The van der Waals surface area contributed by atoms with Gasteiger partial charge in [0.1, 0.15) is 0 Å². The first-order valence-corrected chi connectivity index (χ1v) is 5.07. The average Bonchev–Trinajstić information content (AvgIpc) is 2.10. The quantitative estimate of drug-likeness (QED) is 0.390. The highest BCUT2D eigenvalue weighted by Gasteiger charge is 1.94. The number of allylic oxidation sites excluding steroid dienone is 3. The first-order chi connectivity index (χ1) is 5.81. The Morgan fingerprint density at radius 3 is 2.42 bits per heavy atom. The molecule has 0 rings (SSSR count). The van der Waals surface area contributed by atoms with Crippen LogP contribution in [0.5, 0.6) is 0 Å². The Balaban J connectivity index is 3.17. The summed E-state index contributed by atoms with van der Waals surface area (Å²) < 4.78 is 0. The maximum Gasteiger partial charge on any atom is -0.0316 e. The van der Waals surface area contributed by atoms with Gasteiger partial charge < -0.3 is 0 Å². The van der Waals surface area contributed by atoms with Crippen molar-refractivity contribution in [1.82, 2.24) is 0 Å². The van der Waals surface area contributed by atoms with Gasteiger partial charge in [0, 0.05) is 0 Å². The molecule has 12 heavy (non-hydrogen) atoms. The Kier molecular flexibility index (Phi) is 8.20. The van der Waals surface area contributed by atoms with Gasteiger partial charge in [0.05, 0.1) is 0 Å². The van der Waals surface area contributed by atoms with Crippen LogP contribution < -0.4 is 0 Å². The van der Waals surface area contributed by atoms with Gasteiger partial charge in [0.25, 0.3) is 0 Å². The van der Waals surface area contributed by atoms with Crippen molar-refractivity contribution in [3.63, 3.8) is 0 Å². The summed E-state index contributed by atoms with van der Waals surface area (Å²) in [6, 6.07) is 0. The molecule has 0 saturated carbocycles. The normalized spacial score (nSPS) is 13.5. The van der Waals surface area contributed by atoms with E-state index >= 15 is 0 Å². The molecule has 1 atom stereocenters. The molecular weight excluding hydrogens is 144 g/mol. The second kappa shape index (κ2) is 8.58. The SMILES string of the molecule is C=CCCC=CCCC(C)CC. The minimum Gasteiger partial charge on any atom is -0.103 e. The lowest BCUT2D eigenvalue weighted by molar-refractivity contribution is 0.521. The van der Waals surface area contributed by atoms with E-state index in [2.05, 4.69) is 32.6 Å². The maximum atomic E-state index is 3.69. The van der Waals surface area contributed by atoms with Gasteiger partial charge in [-0.05, 0) is 31.6 Å². The van der Waals surface area contributed by atoms with Crippen LogP contribution in [0.1, 0.15) is 46.0 Å². The third-order valence-corrected chi connectivity index (χ3v) is 2.23. The molecule has 0 aliphatic rings. The van der Waals surface area contributed by atoms with Gasteiger partial charge >= 0.3 is 0 Å². The van der Waals surface area contributed by atoms with Gasteiger partial charge in [-0.25, -0.2) is 0 Å². The van der Waals surface area contributed by atoms with Crippen molar-refractivity contribution in [2.24, 2.45) is 5.92 Å². The molecule has 0 spiro atoms. The predicted octanol–water partition coefficient (Wildman–Crippen LogP) is 4.34. The van der Waals surface area contributed by atoms with E-state index in [1.807, 2.05) is 6.08 Å². The smallest absolute Gasteiger partial charge is 0.0316 e. The molecule has 0 heteroatoms. The molecule has 0 heterocycles. The van der Waals surface area contributed by atoms with Crippen molar-refractivity contribution in [1.29, 1.82) is 0 Å². The van der Waals surface area contributed by atoms with E-state index in [1.165, 1.54) is 19.3 Å². The largest absolute Gasteiger partial charge is 0.103 e. The highest BCUT2D eigenvalue weighted by atomic mass is 14.0. The minimum atomic E-state index is 0.883. The molecule has 0 aromatic heterocycles. The highest BCUT2D eigenvalue weighted by molar-refractivity contribution is 4.84.